The molecule has 0 aliphatic heterocycles. The first-order valence-corrected chi connectivity index (χ1v) is 16.1. The van der Waals surface area contributed by atoms with Gasteiger partial charge in [-0.1, -0.05) is 64.4 Å². The molecule has 0 saturated heterocycles. The average Bonchev–Trinajstić information content (AvgIpc) is 3.29. The molecule has 4 aliphatic carbocycles. The average molecular weight is 553 g/mol. The second kappa shape index (κ2) is 11.8. The molecule has 5 rings (SSSR count). The van der Waals surface area contributed by atoms with Gasteiger partial charge in [0.25, 0.3) is 0 Å². The summed E-state index contributed by atoms with van der Waals surface area (Å²) in [6.45, 7) is 11.5. The molecule has 4 saturated carbocycles. The number of benzene rings is 1. The number of hydrogen-bond donors (Lipinski definition) is 1. The summed E-state index contributed by atoms with van der Waals surface area (Å²) in [5.74, 6) is 2.86. The highest BCUT2D eigenvalue weighted by molar-refractivity contribution is 5.69. The van der Waals surface area contributed by atoms with Crippen LogP contribution >= 0.6 is 0 Å². The van der Waals surface area contributed by atoms with Gasteiger partial charge in [0.2, 0.25) is 0 Å². The lowest BCUT2D eigenvalue weighted by Gasteiger charge is -2.64. The fraction of sp³-hybridized carbons (Fsp3) is 0.771. The SMILES string of the molecule is CC[C@H]1[C@@H](O)[C@@H]2[C@H](CC[C@]3(C)C([C@H](C)CCC(=O)OCc4ccccc4)CC[C@@H]23)[C@@]2(C)CC[C@@H](OC(C)=O)C[C@@H]12. The van der Waals surface area contributed by atoms with Gasteiger partial charge in [-0.25, -0.2) is 0 Å². The van der Waals surface area contributed by atoms with E-state index >= 15 is 0 Å². The summed E-state index contributed by atoms with van der Waals surface area (Å²) in [6, 6.07) is 9.89. The Balaban J connectivity index is 1.25. The molecule has 222 valence electrons. The monoisotopic (exact) mass is 552 g/mol. The lowest BCUT2D eigenvalue weighted by Crippen LogP contribution is -2.62. The molecule has 0 heterocycles. The van der Waals surface area contributed by atoms with Gasteiger partial charge in [-0.2, -0.15) is 0 Å². The predicted octanol–water partition coefficient (Wildman–Crippen LogP) is 7.34. The van der Waals surface area contributed by atoms with Crippen LogP contribution in [0.1, 0.15) is 104 Å². The summed E-state index contributed by atoms with van der Waals surface area (Å²) in [5.41, 5.74) is 1.44. The van der Waals surface area contributed by atoms with Crippen LogP contribution in [-0.4, -0.2) is 29.3 Å². The third kappa shape index (κ3) is 5.37. The van der Waals surface area contributed by atoms with E-state index in [0.29, 0.717) is 48.5 Å². The van der Waals surface area contributed by atoms with Crippen LogP contribution in [0.4, 0.5) is 0 Å². The van der Waals surface area contributed by atoms with Gasteiger partial charge in [0, 0.05) is 13.3 Å². The largest absolute Gasteiger partial charge is 0.463 e. The van der Waals surface area contributed by atoms with E-state index in [1.165, 1.54) is 32.6 Å². The van der Waals surface area contributed by atoms with Crippen molar-refractivity contribution in [2.45, 2.75) is 118 Å². The molecule has 1 unspecified atom stereocenters. The van der Waals surface area contributed by atoms with Gasteiger partial charge < -0.3 is 14.6 Å². The van der Waals surface area contributed by atoms with Crippen molar-refractivity contribution in [3.8, 4) is 0 Å². The first-order chi connectivity index (χ1) is 19.1. The van der Waals surface area contributed by atoms with Crippen molar-refractivity contribution >= 4 is 11.9 Å². The van der Waals surface area contributed by atoms with Crippen LogP contribution in [0.3, 0.4) is 0 Å². The van der Waals surface area contributed by atoms with Crippen molar-refractivity contribution < 1.29 is 24.2 Å². The van der Waals surface area contributed by atoms with Crippen molar-refractivity contribution in [1.29, 1.82) is 0 Å². The Labute approximate surface area is 241 Å². The van der Waals surface area contributed by atoms with Crippen LogP contribution < -0.4 is 0 Å². The third-order valence-corrected chi connectivity index (χ3v) is 12.5. The molecule has 11 atom stereocenters. The molecule has 1 N–H and O–H groups in total. The Bertz CT molecular complexity index is 1040. The standard InChI is InChI=1S/C35H52O5/c1-6-26-30-20-25(40-23(3)36)16-18-35(30,5)29-17-19-34(4)27(13-14-28(34)32(29)33(26)38)22(2)12-15-31(37)39-21-24-10-8-7-9-11-24/h7-11,22,25-30,32-33,38H,6,12-21H2,1-5H3/t22-,25-,26-,27?,28+,29+,30+,32+,33-,34-,35-/m1/s1. The summed E-state index contributed by atoms with van der Waals surface area (Å²) >= 11 is 0. The summed E-state index contributed by atoms with van der Waals surface area (Å²) in [6.07, 6.45) is 9.76. The Morgan fingerprint density at radius 3 is 2.40 bits per heavy atom. The van der Waals surface area contributed by atoms with Crippen LogP contribution in [-0.2, 0) is 25.7 Å². The second-order valence-electron chi connectivity index (χ2n) is 14.4. The molecular formula is C35H52O5. The van der Waals surface area contributed by atoms with Crippen LogP contribution in [0, 0.1) is 52.3 Å². The Morgan fingerprint density at radius 2 is 1.70 bits per heavy atom. The molecule has 4 aliphatic rings. The molecule has 1 aromatic rings. The van der Waals surface area contributed by atoms with Crippen LogP contribution in [0.25, 0.3) is 0 Å². The summed E-state index contributed by atoms with van der Waals surface area (Å²) < 4.78 is 11.3. The van der Waals surface area contributed by atoms with Crippen LogP contribution in [0.15, 0.2) is 30.3 Å². The molecule has 4 fully saturated rings. The molecule has 5 heteroatoms. The van der Waals surface area contributed by atoms with Crippen molar-refractivity contribution in [3.63, 3.8) is 0 Å². The minimum Gasteiger partial charge on any atom is -0.463 e. The fourth-order valence-electron chi connectivity index (χ4n) is 10.6. The highest BCUT2D eigenvalue weighted by Crippen LogP contribution is 2.69. The Hall–Kier alpha value is -1.88. The minimum absolute atomic E-state index is 0.00155. The van der Waals surface area contributed by atoms with Gasteiger partial charge in [-0.05, 0) is 109 Å². The Morgan fingerprint density at radius 1 is 1.00 bits per heavy atom. The fourth-order valence-corrected chi connectivity index (χ4v) is 10.6. The number of fused-ring (bicyclic) bond motifs is 5. The number of hydrogen-bond acceptors (Lipinski definition) is 5. The summed E-state index contributed by atoms with van der Waals surface area (Å²) in [5, 5.41) is 12.0. The molecule has 0 amide bonds. The first kappa shape index (κ1) is 29.6. The molecular weight excluding hydrogens is 500 g/mol. The third-order valence-electron chi connectivity index (χ3n) is 12.5. The molecule has 5 nitrogen and oxygen atoms in total. The first-order valence-electron chi connectivity index (χ1n) is 16.1. The van der Waals surface area contributed by atoms with Crippen molar-refractivity contribution in [2.24, 2.45) is 52.3 Å². The van der Waals surface area contributed by atoms with E-state index in [-0.39, 0.29) is 40.9 Å². The maximum atomic E-state index is 12.6. The lowest BCUT2D eigenvalue weighted by molar-refractivity contribution is -0.207. The van der Waals surface area contributed by atoms with Gasteiger partial charge in [-0.15, -0.1) is 0 Å². The van der Waals surface area contributed by atoms with Crippen molar-refractivity contribution in [1.82, 2.24) is 0 Å². The second-order valence-corrected chi connectivity index (χ2v) is 14.4. The van der Waals surface area contributed by atoms with Crippen molar-refractivity contribution in [2.75, 3.05) is 0 Å². The molecule has 0 spiro atoms. The minimum atomic E-state index is -0.282. The molecule has 0 aromatic heterocycles. The van der Waals surface area contributed by atoms with Gasteiger partial charge in [0.05, 0.1) is 6.10 Å². The van der Waals surface area contributed by atoms with E-state index in [1.54, 1.807) is 0 Å². The van der Waals surface area contributed by atoms with E-state index in [0.717, 1.165) is 37.7 Å². The topological polar surface area (TPSA) is 72.8 Å². The van der Waals surface area contributed by atoms with Crippen molar-refractivity contribution in [3.05, 3.63) is 35.9 Å². The summed E-state index contributed by atoms with van der Waals surface area (Å²) in [7, 11) is 0. The van der Waals surface area contributed by atoms with E-state index in [2.05, 4.69) is 27.7 Å². The van der Waals surface area contributed by atoms with Gasteiger partial charge in [0.15, 0.2) is 0 Å². The number of ether oxygens (including phenoxy) is 2. The Kier molecular flexibility index (Phi) is 8.72. The molecule has 0 radical (unpaired) electrons. The van der Waals surface area contributed by atoms with Gasteiger partial charge >= 0.3 is 11.9 Å². The van der Waals surface area contributed by atoms with Crippen LogP contribution in [0.5, 0.6) is 0 Å². The smallest absolute Gasteiger partial charge is 0.306 e. The van der Waals surface area contributed by atoms with E-state index in [9.17, 15) is 14.7 Å². The van der Waals surface area contributed by atoms with Gasteiger partial charge in [0.1, 0.15) is 12.7 Å². The zero-order chi connectivity index (χ0) is 28.7. The number of aliphatic hydroxyl groups excluding tert-OH is 1. The predicted molar refractivity (Wildman–Crippen MR) is 156 cm³/mol. The zero-order valence-electron chi connectivity index (χ0n) is 25.4. The zero-order valence-corrected chi connectivity index (χ0v) is 25.4. The molecule has 1 aromatic carbocycles. The highest BCUT2D eigenvalue weighted by atomic mass is 16.5. The normalized spacial score (nSPS) is 41.2. The quantitative estimate of drug-likeness (QED) is 0.342. The van der Waals surface area contributed by atoms with Gasteiger partial charge in [-0.3, -0.25) is 9.59 Å². The maximum absolute atomic E-state index is 12.6. The number of rotatable bonds is 8. The lowest BCUT2D eigenvalue weighted by atomic mass is 9.41. The number of carbonyl (C=O) groups is 2. The van der Waals surface area contributed by atoms with Crippen LogP contribution in [0.2, 0.25) is 0 Å². The maximum Gasteiger partial charge on any atom is 0.306 e. The summed E-state index contributed by atoms with van der Waals surface area (Å²) in [4.78, 5) is 24.3. The van der Waals surface area contributed by atoms with E-state index in [1.807, 2.05) is 30.3 Å². The van der Waals surface area contributed by atoms with E-state index < -0.39 is 0 Å². The number of aliphatic hydroxyl groups is 1. The molecule has 40 heavy (non-hydrogen) atoms. The molecule has 0 bridgehead atoms. The number of carbonyl (C=O) groups excluding carboxylic acids is 2. The number of esters is 2. The highest BCUT2D eigenvalue weighted by Gasteiger charge is 2.65. The van der Waals surface area contributed by atoms with E-state index in [4.69, 9.17) is 9.47 Å².